The predicted molar refractivity (Wildman–Crippen MR) is 106 cm³/mol. The summed E-state index contributed by atoms with van der Waals surface area (Å²) in [5.74, 6) is 0.842. The lowest BCUT2D eigenvalue weighted by Crippen LogP contribution is -2.28. The average molecular weight is 366 g/mol. The van der Waals surface area contributed by atoms with Gasteiger partial charge in [0.2, 0.25) is 5.91 Å². The summed E-state index contributed by atoms with van der Waals surface area (Å²) in [5.41, 5.74) is 4.01. The smallest absolute Gasteiger partial charge is 0.232 e. The van der Waals surface area contributed by atoms with E-state index >= 15 is 0 Å². The van der Waals surface area contributed by atoms with E-state index in [9.17, 15) is 4.79 Å². The minimum Gasteiger partial charge on any atom is -0.486 e. The lowest BCUT2D eigenvalue weighted by Gasteiger charge is -2.17. The van der Waals surface area contributed by atoms with E-state index in [-0.39, 0.29) is 12.3 Å². The van der Waals surface area contributed by atoms with E-state index in [0.29, 0.717) is 6.61 Å². The number of thiazole rings is 1. The summed E-state index contributed by atoms with van der Waals surface area (Å²) in [7, 11) is 1.80. The number of aryl methyl sites for hydroxylation is 2. The number of hydrogen-bond acceptors (Lipinski definition) is 4. The van der Waals surface area contributed by atoms with Crippen LogP contribution in [0.5, 0.6) is 5.75 Å². The Bertz CT molecular complexity index is 887. The van der Waals surface area contributed by atoms with Crippen LogP contribution in [0.25, 0.3) is 0 Å². The molecule has 3 rings (SSSR count). The first kappa shape index (κ1) is 18.1. The molecule has 0 saturated heterocycles. The normalized spacial score (nSPS) is 10.6. The Balaban J connectivity index is 1.57. The van der Waals surface area contributed by atoms with Gasteiger partial charge in [0, 0.05) is 18.1 Å². The highest BCUT2D eigenvalue weighted by Gasteiger charge is 2.14. The van der Waals surface area contributed by atoms with Gasteiger partial charge in [-0.15, -0.1) is 11.3 Å². The van der Waals surface area contributed by atoms with E-state index < -0.39 is 0 Å². The molecule has 0 bridgehead atoms. The maximum absolute atomic E-state index is 12.5. The molecule has 0 N–H and O–H groups in total. The summed E-state index contributed by atoms with van der Waals surface area (Å²) in [6.45, 7) is 4.47. The molecule has 0 radical (unpaired) electrons. The summed E-state index contributed by atoms with van der Waals surface area (Å²) < 4.78 is 5.75. The molecule has 26 heavy (non-hydrogen) atoms. The molecular formula is C21H22N2O2S. The van der Waals surface area contributed by atoms with E-state index in [1.54, 1.807) is 11.9 Å². The van der Waals surface area contributed by atoms with Crippen LogP contribution in [0.3, 0.4) is 0 Å². The number of ether oxygens (including phenoxy) is 1. The van der Waals surface area contributed by atoms with Crippen LogP contribution >= 0.6 is 11.3 Å². The molecule has 0 spiro atoms. The minimum absolute atomic E-state index is 0.0203. The fourth-order valence-electron chi connectivity index (χ4n) is 2.53. The highest BCUT2D eigenvalue weighted by Crippen LogP contribution is 2.18. The van der Waals surface area contributed by atoms with Crippen molar-refractivity contribution in [3.05, 3.63) is 75.7 Å². The maximum atomic E-state index is 12.5. The number of carbonyl (C=O) groups is 1. The number of anilines is 1. The Hall–Kier alpha value is -2.66. The molecule has 134 valence electrons. The Morgan fingerprint density at radius 2 is 1.88 bits per heavy atom. The number of rotatable bonds is 6. The van der Waals surface area contributed by atoms with Crippen LogP contribution in [-0.2, 0) is 17.8 Å². The van der Waals surface area contributed by atoms with Crippen LogP contribution in [-0.4, -0.2) is 17.9 Å². The number of aromatic nitrogens is 1. The monoisotopic (exact) mass is 366 g/mol. The van der Waals surface area contributed by atoms with Crippen LogP contribution in [0.1, 0.15) is 21.8 Å². The molecule has 1 amide bonds. The number of amides is 1. The van der Waals surface area contributed by atoms with Gasteiger partial charge in [-0.2, -0.15) is 0 Å². The summed E-state index contributed by atoms with van der Waals surface area (Å²) >= 11 is 1.52. The standard InChI is InChI=1S/C21H22N2O2S/c1-15-7-9-19(10-8-15)25-13-20-22-17(14-26-20)12-21(24)23(3)18-6-4-5-16(2)11-18/h4-11,14H,12-13H2,1-3H3. The third kappa shape index (κ3) is 4.70. The fourth-order valence-corrected chi connectivity index (χ4v) is 3.24. The predicted octanol–water partition coefficient (Wildman–Crippen LogP) is 4.54. The Morgan fingerprint density at radius 1 is 1.12 bits per heavy atom. The van der Waals surface area contributed by atoms with Crippen molar-refractivity contribution in [2.75, 3.05) is 11.9 Å². The molecule has 2 aromatic carbocycles. The summed E-state index contributed by atoms with van der Waals surface area (Å²) in [6, 6.07) is 15.8. The second kappa shape index (κ2) is 8.15. The molecule has 4 nitrogen and oxygen atoms in total. The highest BCUT2D eigenvalue weighted by molar-refractivity contribution is 7.09. The minimum atomic E-state index is 0.0203. The van der Waals surface area contributed by atoms with Crippen molar-refractivity contribution in [3.8, 4) is 5.75 Å². The Morgan fingerprint density at radius 3 is 2.62 bits per heavy atom. The number of benzene rings is 2. The fraction of sp³-hybridized carbons (Fsp3) is 0.238. The molecule has 0 aliphatic carbocycles. The Kier molecular flexibility index (Phi) is 5.68. The molecule has 3 aromatic rings. The number of hydrogen-bond donors (Lipinski definition) is 0. The first-order valence-electron chi connectivity index (χ1n) is 8.47. The van der Waals surface area contributed by atoms with Gasteiger partial charge in [0.05, 0.1) is 12.1 Å². The number of likely N-dealkylation sites (N-methyl/N-ethyl adjacent to an activating group) is 1. The largest absolute Gasteiger partial charge is 0.486 e. The lowest BCUT2D eigenvalue weighted by atomic mass is 10.2. The molecule has 0 unspecified atom stereocenters. The third-order valence-corrected chi connectivity index (χ3v) is 4.95. The summed E-state index contributed by atoms with van der Waals surface area (Å²) in [5, 5.41) is 2.79. The van der Waals surface area contributed by atoms with Crippen LogP contribution in [0.2, 0.25) is 0 Å². The average Bonchev–Trinajstić information content (AvgIpc) is 3.08. The molecule has 1 aromatic heterocycles. The molecule has 5 heteroatoms. The third-order valence-electron chi connectivity index (χ3n) is 4.08. The molecule has 0 aliphatic heterocycles. The molecular weight excluding hydrogens is 344 g/mol. The number of nitrogens with zero attached hydrogens (tertiary/aromatic N) is 2. The second-order valence-corrected chi connectivity index (χ2v) is 7.25. The van der Waals surface area contributed by atoms with Gasteiger partial charge >= 0.3 is 0 Å². The van der Waals surface area contributed by atoms with Crippen molar-refractivity contribution in [1.82, 2.24) is 4.98 Å². The van der Waals surface area contributed by atoms with Gasteiger partial charge in [0.25, 0.3) is 0 Å². The van der Waals surface area contributed by atoms with Crippen molar-refractivity contribution in [2.45, 2.75) is 26.9 Å². The molecule has 0 saturated carbocycles. The zero-order valence-corrected chi connectivity index (χ0v) is 16.0. The van der Waals surface area contributed by atoms with Gasteiger partial charge in [-0.05, 0) is 43.7 Å². The molecule has 1 heterocycles. The van der Waals surface area contributed by atoms with Crippen LogP contribution in [0.15, 0.2) is 53.9 Å². The van der Waals surface area contributed by atoms with Gasteiger partial charge in [-0.3, -0.25) is 4.79 Å². The first-order chi connectivity index (χ1) is 12.5. The van der Waals surface area contributed by atoms with Gasteiger partial charge in [-0.25, -0.2) is 4.98 Å². The lowest BCUT2D eigenvalue weighted by molar-refractivity contribution is -0.117. The quantitative estimate of drug-likeness (QED) is 0.643. The van der Waals surface area contributed by atoms with Crippen LogP contribution in [0, 0.1) is 13.8 Å². The van der Waals surface area contributed by atoms with Crippen molar-refractivity contribution in [1.29, 1.82) is 0 Å². The summed E-state index contributed by atoms with van der Waals surface area (Å²) in [4.78, 5) is 18.7. The van der Waals surface area contributed by atoms with E-state index in [4.69, 9.17) is 4.74 Å². The van der Waals surface area contributed by atoms with E-state index in [0.717, 1.165) is 27.7 Å². The van der Waals surface area contributed by atoms with E-state index in [1.165, 1.54) is 16.9 Å². The van der Waals surface area contributed by atoms with Crippen molar-refractivity contribution >= 4 is 22.9 Å². The number of carbonyl (C=O) groups excluding carboxylic acids is 1. The van der Waals surface area contributed by atoms with Crippen molar-refractivity contribution in [3.63, 3.8) is 0 Å². The van der Waals surface area contributed by atoms with Crippen molar-refractivity contribution < 1.29 is 9.53 Å². The molecule has 0 aliphatic rings. The van der Waals surface area contributed by atoms with E-state index in [2.05, 4.69) is 4.98 Å². The van der Waals surface area contributed by atoms with E-state index in [1.807, 2.05) is 67.8 Å². The summed E-state index contributed by atoms with van der Waals surface area (Å²) in [6.07, 6.45) is 0.283. The zero-order valence-electron chi connectivity index (χ0n) is 15.2. The van der Waals surface area contributed by atoms with Crippen LogP contribution < -0.4 is 9.64 Å². The first-order valence-corrected chi connectivity index (χ1v) is 9.35. The van der Waals surface area contributed by atoms with Gasteiger partial charge in [0.15, 0.2) is 0 Å². The molecule has 0 atom stereocenters. The zero-order chi connectivity index (χ0) is 18.5. The van der Waals surface area contributed by atoms with Crippen molar-refractivity contribution in [2.24, 2.45) is 0 Å². The van der Waals surface area contributed by atoms with Gasteiger partial charge in [0.1, 0.15) is 17.4 Å². The topological polar surface area (TPSA) is 42.4 Å². The maximum Gasteiger partial charge on any atom is 0.232 e. The highest BCUT2D eigenvalue weighted by atomic mass is 32.1. The van der Waals surface area contributed by atoms with Crippen LogP contribution in [0.4, 0.5) is 5.69 Å². The second-order valence-electron chi connectivity index (χ2n) is 6.30. The van der Waals surface area contributed by atoms with Gasteiger partial charge in [-0.1, -0.05) is 29.8 Å². The SMILES string of the molecule is Cc1ccc(OCc2nc(CC(=O)N(C)c3cccc(C)c3)cs2)cc1. The Labute approximate surface area is 158 Å². The molecule has 0 fully saturated rings. The van der Waals surface area contributed by atoms with Gasteiger partial charge < -0.3 is 9.64 Å².